The van der Waals surface area contributed by atoms with Crippen molar-refractivity contribution in [1.29, 1.82) is 0 Å². The molecular formula is C12H12Br6. The maximum absolute atomic E-state index is 3.90. The molecule has 102 valence electrons. The second-order valence-corrected chi connectivity index (χ2v) is 17.4. The van der Waals surface area contributed by atoms with Crippen molar-refractivity contribution >= 4 is 95.6 Å². The third-order valence-electron chi connectivity index (χ3n) is 5.62. The minimum absolute atomic E-state index is 0.212. The van der Waals surface area contributed by atoms with Crippen LogP contribution in [0.25, 0.3) is 0 Å². The highest BCUT2D eigenvalue weighted by atomic mass is 79.9. The summed E-state index contributed by atoms with van der Waals surface area (Å²) in [7, 11) is 0. The third-order valence-corrected chi connectivity index (χ3v) is 12.7. The molecule has 6 heteroatoms. The molecule has 0 nitrogen and oxygen atoms in total. The van der Waals surface area contributed by atoms with Gasteiger partial charge in [0.2, 0.25) is 0 Å². The molecule has 4 saturated carbocycles. The molecule has 0 unspecified atom stereocenters. The summed E-state index contributed by atoms with van der Waals surface area (Å²) >= 11 is 23.4. The molecular weight excluding hydrogens is 624 g/mol. The summed E-state index contributed by atoms with van der Waals surface area (Å²) in [5.41, 5.74) is 0. The normalized spacial score (nSPS) is 57.0. The van der Waals surface area contributed by atoms with Crippen LogP contribution in [-0.2, 0) is 0 Å². The molecule has 0 radical (unpaired) electrons. The van der Waals surface area contributed by atoms with Gasteiger partial charge in [-0.05, 0) is 54.8 Å². The number of halogens is 6. The quantitative estimate of drug-likeness (QED) is 0.272. The number of alkyl halides is 6. The molecule has 0 aliphatic heterocycles. The molecule has 0 heterocycles. The highest BCUT2D eigenvalue weighted by molar-refractivity contribution is 9.26. The fourth-order valence-corrected chi connectivity index (χ4v) is 9.41. The Hall–Kier alpha value is 2.88. The molecule has 0 N–H and O–H groups in total. The number of rotatable bonds is 0. The minimum Gasteiger partial charge on any atom is -0.0721 e. The van der Waals surface area contributed by atoms with Crippen molar-refractivity contribution in [3.8, 4) is 0 Å². The van der Waals surface area contributed by atoms with Crippen LogP contribution in [0.1, 0.15) is 19.3 Å². The summed E-state index contributed by atoms with van der Waals surface area (Å²) in [4.78, 5) is 0. The Bertz CT molecular complexity index is 325. The van der Waals surface area contributed by atoms with Crippen LogP contribution in [0.3, 0.4) is 0 Å². The van der Waals surface area contributed by atoms with Crippen LogP contribution in [0, 0.1) is 35.5 Å². The van der Waals surface area contributed by atoms with E-state index < -0.39 is 0 Å². The van der Waals surface area contributed by atoms with Gasteiger partial charge >= 0.3 is 0 Å². The van der Waals surface area contributed by atoms with Gasteiger partial charge in [-0.2, -0.15) is 0 Å². The van der Waals surface area contributed by atoms with Crippen LogP contribution in [0.15, 0.2) is 0 Å². The van der Waals surface area contributed by atoms with Crippen molar-refractivity contribution in [3.05, 3.63) is 0 Å². The highest BCUT2D eigenvalue weighted by Crippen LogP contribution is 2.79. The predicted molar refractivity (Wildman–Crippen MR) is 96.5 cm³/mol. The monoisotopic (exact) mass is 630 g/mol. The van der Waals surface area contributed by atoms with Gasteiger partial charge in [0.15, 0.2) is 0 Å². The molecule has 4 aliphatic carbocycles. The maximum Gasteiger partial charge on any atom is 0.0868 e. The summed E-state index contributed by atoms with van der Waals surface area (Å²) in [5.74, 6) is 4.73. The maximum atomic E-state index is 3.90. The van der Waals surface area contributed by atoms with Crippen molar-refractivity contribution in [1.82, 2.24) is 0 Å². The van der Waals surface area contributed by atoms with Crippen LogP contribution in [0.2, 0.25) is 0 Å². The standard InChI is InChI=1S/C12H12Br6/c13-10(14)4-1-5-7(11(5,15)16)3-9-8(2-6(4)10)12(9,17)18/h4-9H,1-3H2/t4-,5+,6+,7-,8-,9+. The van der Waals surface area contributed by atoms with Gasteiger partial charge in [0.1, 0.15) is 0 Å². The Morgan fingerprint density at radius 3 is 0.778 bits per heavy atom. The lowest BCUT2D eigenvalue weighted by Gasteiger charge is -2.00. The Morgan fingerprint density at radius 1 is 0.444 bits per heavy atom. The average molecular weight is 636 g/mol. The van der Waals surface area contributed by atoms with Crippen molar-refractivity contribution in [2.45, 2.75) is 29.0 Å². The van der Waals surface area contributed by atoms with Crippen molar-refractivity contribution in [2.75, 3.05) is 0 Å². The first-order valence-corrected chi connectivity index (χ1v) is 11.1. The topological polar surface area (TPSA) is 0 Å². The Labute approximate surface area is 158 Å². The fourth-order valence-electron chi connectivity index (χ4n) is 4.13. The highest BCUT2D eigenvalue weighted by Gasteiger charge is 2.75. The van der Waals surface area contributed by atoms with Gasteiger partial charge in [-0.15, -0.1) is 0 Å². The molecule has 4 rings (SSSR count). The fraction of sp³-hybridized carbons (Fsp3) is 1.00. The van der Waals surface area contributed by atoms with Gasteiger partial charge < -0.3 is 0 Å². The van der Waals surface area contributed by atoms with Gasteiger partial charge in [0.05, 0.1) is 9.70 Å². The first kappa shape index (κ1) is 14.5. The van der Waals surface area contributed by atoms with E-state index in [1.807, 2.05) is 0 Å². The van der Waals surface area contributed by atoms with E-state index in [2.05, 4.69) is 95.6 Å². The lowest BCUT2D eigenvalue weighted by Crippen LogP contribution is -1.94. The molecule has 0 bridgehead atoms. The van der Waals surface area contributed by atoms with E-state index in [1.54, 1.807) is 0 Å². The first-order chi connectivity index (χ1) is 8.18. The average Bonchev–Trinajstić information content (AvgIpc) is 3.07. The molecule has 0 amide bonds. The largest absolute Gasteiger partial charge is 0.0868 e. The predicted octanol–water partition coefficient (Wildman–Crippen LogP) is 6.37. The van der Waals surface area contributed by atoms with Gasteiger partial charge in [0.25, 0.3) is 0 Å². The van der Waals surface area contributed by atoms with Crippen LogP contribution >= 0.6 is 95.6 Å². The lowest BCUT2D eigenvalue weighted by atomic mass is 10.1. The van der Waals surface area contributed by atoms with Crippen LogP contribution in [0.4, 0.5) is 0 Å². The van der Waals surface area contributed by atoms with E-state index in [9.17, 15) is 0 Å². The van der Waals surface area contributed by atoms with E-state index in [1.165, 1.54) is 19.3 Å². The summed E-state index contributed by atoms with van der Waals surface area (Å²) in [6.45, 7) is 0. The van der Waals surface area contributed by atoms with Gasteiger partial charge in [-0.25, -0.2) is 0 Å². The Balaban J connectivity index is 1.63. The number of fused-ring (bicyclic) bond motifs is 3. The van der Waals surface area contributed by atoms with E-state index in [4.69, 9.17) is 0 Å². The zero-order valence-corrected chi connectivity index (χ0v) is 18.9. The van der Waals surface area contributed by atoms with Crippen molar-refractivity contribution in [2.24, 2.45) is 35.5 Å². The van der Waals surface area contributed by atoms with Crippen molar-refractivity contribution < 1.29 is 0 Å². The molecule has 4 aliphatic rings. The van der Waals surface area contributed by atoms with Gasteiger partial charge in [-0.3, -0.25) is 0 Å². The SMILES string of the molecule is BrC1(Br)[C@@H]2C[C@H]3[C@@H](C[C@H]4[C@@H](C[C@@H]21)C4(Br)Br)C3(Br)Br. The zero-order chi connectivity index (χ0) is 13.1. The van der Waals surface area contributed by atoms with Crippen molar-refractivity contribution in [3.63, 3.8) is 0 Å². The van der Waals surface area contributed by atoms with E-state index >= 15 is 0 Å². The molecule has 0 aromatic rings. The van der Waals surface area contributed by atoms with Crippen LogP contribution in [-0.4, -0.2) is 9.70 Å². The summed E-state index contributed by atoms with van der Waals surface area (Å²) in [5, 5.41) is 0. The Morgan fingerprint density at radius 2 is 0.611 bits per heavy atom. The smallest absolute Gasteiger partial charge is 0.0721 e. The first-order valence-electron chi connectivity index (χ1n) is 6.32. The second-order valence-electron chi connectivity index (χ2n) is 6.37. The Kier molecular flexibility index (Phi) is 3.25. The molecule has 6 atom stereocenters. The molecule has 18 heavy (non-hydrogen) atoms. The molecule has 0 aromatic carbocycles. The van der Waals surface area contributed by atoms with Gasteiger partial charge in [0, 0.05) is 0 Å². The van der Waals surface area contributed by atoms with E-state index in [0.717, 1.165) is 35.5 Å². The van der Waals surface area contributed by atoms with Crippen LogP contribution < -0.4 is 0 Å². The van der Waals surface area contributed by atoms with E-state index in [0.29, 0.717) is 0 Å². The number of hydrogen-bond acceptors (Lipinski definition) is 0. The number of hydrogen-bond donors (Lipinski definition) is 0. The summed E-state index contributed by atoms with van der Waals surface area (Å²) in [6, 6.07) is 0. The minimum atomic E-state index is 0.212. The molecule has 0 spiro atoms. The second kappa shape index (κ2) is 4.04. The lowest BCUT2D eigenvalue weighted by molar-refractivity contribution is 0.546. The van der Waals surface area contributed by atoms with E-state index in [-0.39, 0.29) is 9.70 Å². The zero-order valence-electron chi connectivity index (χ0n) is 9.35. The van der Waals surface area contributed by atoms with Gasteiger partial charge in [-0.1, -0.05) is 95.6 Å². The molecule has 4 fully saturated rings. The molecule has 0 saturated heterocycles. The van der Waals surface area contributed by atoms with Crippen LogP contribution in [0.5, 0.6) is 0 Å². The third kappa shape index (κ3) is 1.87. The summed E-state index contributed by atoms with van der Waals surface area (Å²) < 4.78 is 0.636. The summed E-state index contributed by atoms with van der Waals surface area (Å²) in [6.07, 6.45) is 4.00. The molecule has 0 aromatic heterocycles.